The quantitative estimate of drug-likeness (QED) is 0.349. The van der Waals surface area contributed by atoms with E-state index >= 15 is 0 Å². The molecule has 0 heterocycles. The van der Waals surface area contributed by atoms with E-state index in [0.717, 1.165) is 50.5 Å². The number of methoxy groups -OCH3 is 1. The second kappa shape index (κ2) is 11.6. The monoisotopic (exact) mass is 460 g/mol. The van der Waals surface area contributed by atoms with E-state index in [1.165, 1.54) is 18.4 Å². The molecule has 0 spiro atoms. The molecule has 0 bridgehead atoms. The molecule has 0 amide bonds. The summed E-state index contributed by atoms with van der Waals surface area (Å²) in [4.78, 5) is 9.51. The van der Waals surface area contributed by atoms with Crippen LogP contribution in [0, 0.1) is 0 Å². The van der Waals surface area contributed by atoms with Crippen LogP contribution >= 0.6 is 24.0 Å². The van der Waals surface area contributed by atoms with Crippen molar-refractivity contribution in [3.63, 3.8) is 0 Å². The summed E-state index contributed by atoms with van der Waals surface area (Å²) < 4.78 is 5.45. The average molecular weight is 460 g/mol. The highest BCUT2D eigenvalue weighted by molar-refractivity contribution is 14.0. The third-order valence-electron chi connectivity index (χ3n) is 4.41. The van der Waals surface area contributed by atoms with Gasteiger partial charge in [0.1, 0.15) is 5.75 Å². The molecule has 1 saturated carbocycles. The maximum absolute atomic E-state index is 5.45. The van der Waals surface area contributed by atoms with Gasteiger partial charge in [0.15, 0.2) is 5.96 Å². The highest BCUT2D eigenvalue weighted by atomic mass is 127. The Morgan fingerprint density at radius 1 is 1.28 bits per heavy atom. The van der Waals surface area contributed by atoms with Crippen LogP contribution in [0.25, 0.3) is 0 Å². The second-order valence-electron chi connectivity index (χ2n) is 6.26. The van der Waals surface area contributed by atoms with Gasteiger partial charge in [-0.1, -0.05) is 25.1 Å². The molecule has 1 fully saturated rings. The van der Waals surface area contributed by atoms with Crippen LogP contribution in [0.4, 0.5) is 0 Å². The molecular weight excluding hydrogens is 427 g/mol. The molecule has 1 aromatic carbocycles. The number of hydrogen-bond donors (Lipinski definition) is 1. The lowest BCUT2D eigenvalue weighted by Gasteiger charge is -2.24. The first kappa shape index (κ1) is 22.0. The largest absolute Gasteiger partial charge is 0.496 e. The number of likely N-dealkylation sites (N-methyl/N-ethyl adjacent to an activating group) is 1. The summed E-state index contributed by atoms with van der Waals surface area (Å²) in [6.07, 6.45) is 2.71. The molecular formula is C19H33IN4O. The third kappa shape index (κ3) is 7.01. The Labute approximate surface area is 169 Å². The zero-order valence-electron chi connectivity index (χ0n) is 16.0. The Hall–Kier alpha value is -1.02. The predicted molar refractivity (Wildman–Crippen MR) is 116 cm³/mol. The minimum atomic E-state index is 0. The molecule has 0 unspecified atom stereocenters. The van der Waals surface area contributed by atoms with Crippen molar-refractivity contribution in [3.8, 4) is 5.75 Å². The molecule has 0 radical (unpaired) electrons. The van der Waals surface area contributed by atoms with Gasteiger partial charge in [-0.3, -0.25) is 9.89 Å². The lowest BCUT2D eigenvalue weighted by Crippen LogP contribution is -2.39. The number of aliphatic imine (C=N–C) groups is 1. The number of benzene rings is 1. The lowest BCUT2D eigenvalue weighted by atomic mass is 10.2. The molecule has 0 aliphatic heterocycles. The fraction of sp³-hybridized carbons (Fsp3) is 0.632. The van der Waals surface area contributed by atoms with Gasteiger partial charge < -0.3 is 15.0 Å². The van der Waals surface area contributed by atoms with Crippen molar-refractivity contribution in [2.45, 2.75) is 39.3 Å². The highest BCUT2D eigenvalue weighted by Gasteiger charge is 2.27. The Balaban J connectivity index is 0.00000312. The number of ether oxygens (including phenoxy) is 1. The van der Waals surface area contributed by atoms with Crippen molar-refractivity contribution in [1.29, 1.82) is 0 Å². The number of rotatable bonds is 9. The zero-order valence-corrected chi connectivity index (χ0v) is 18.3. The van der Waals surface area contributed by atoms with Crippen LogP contribution in [0.2, 0.25) is 0 Å². The number of nitrogens with zero attached hydrogens (tertiary/aromatic N) is 3. The first-order valence-electron chi connectivity index (χ1n) is 9.05. The van der Waals surface area contributed by atoms with Gasteiger partial charge in [-0.25, -0.2) is 0 Å². The molecule has 0 saturated heterocycles. The van der Waals surface area contributed by atoms with E-state index < -0.39 is 0 Å². The Bertz CT molecular complexity index is 534. The zero-order chi connectivity index (χ0) is 17.4. The minimum absolute atomic E-state index is 0. The molecule has 25 heavy (non-hydrogen) atoms. The van der Waals surface area contributed by atoms with Crippen molar-refractivity contribution in [2.24, 2.45) is 4.99 Å². The Morgan fingerprint density at radius 2 is 2.00 bits per heavy atom. The molecule has 1 N–H and O–H groups in total. The van der Waals surface area contributed by atoms with Crippen LogP contribution in [0.1, 0.15) is 32.3 Å². The van der Waals surface area contributed by atoms with E-state index in [9.17, 15) is 0 Å². The van der Waals surface area contributed by atoms with Crippen molar-refractivity contribution in [1.82, 2.24) is 15.1 Å². The molecule has 1 aliphatic rings. The number of nitrogens with one attached hydrogen (secondary N) is 1. The molecule has 5 nitrogen and oxygen atoms in total. The Morgan fingerprint density at radius 3 is 2.60 bits per heavy atom. The number of para-hydroxylation sites is 1. The molecule has 6 heteroatoms. The molecule has 0 aromatic heterocycles. The lowest BCUT2D eigenvalue weighted by molar-refractivity contribution is 0.285. The maximum Gasteiger partial charge on any atom is 0.194 e. The molecule has 142 valence electrons. The van der Waals surface area contributed by atoms with Gasteiger partial charge in [0, 0.05) is 38.3 Å². The van der Waals surface area contributed by atoms with Crippen LogP contribution in [-0.2, 0) is 6.54 Å². The third-order valence-corrected chi connectivity index (χ3v) is 4.41. The van der Waals surface area contributed by atoms with E-state index in [-0.39, 0.29) is 24.0 Å². The minimum Gasteiger partial charge on any atom is -0.496 e. The summed E-state index contributed by atoms with van der Waals surface area (Å²) in [7, 11) is 3.79. The number of halogens is 1. The van der Waals surface area contributed by atoms with Gasteiger partial charge in [-0.15, -0.1) is 24.0 Å². The van der Waals surface area contributed by atoms with Gasteiger partial charge in [0.05, 0.1) is 13.7 Å². The van der Waals surface area contributed by atoms with Gasteiger partial charge in [-0.2, -0.15) is 0 Å². The van der Waals surface area contributed by atoms with Gasteiger partial charge in [0.25, 0.3) is 0 Å². The van der Waals surface area contributed by atoms with Crippen LogP contribution in [0.15, 0.2) is 29.3 Å². The summed E-state index contributed by atoms with van der Waals surface area (Å²) in [5.74, 6) is 1.88. The smallest absolute Gasteiger partial charge is 0.194 e. The molecule has 0 atom stereocenters. The van der Waals surface area contributed by atoms with Crippen molar-refractivity contribution < 1.29 is 4.74 Å². The van der Waals surface area contributed by atoms with Gasteiger partial charge in [0.2, 0.25) is 0 Å². The van der Waals surface area contributed by atoms with Crippen LogP contribution in [-0.4, -0.2) is 62.1 Å². The first-order chi connectivity index (χ1) is 11.7. The highest BCUT2D eigenvalue weighted by Crippen LogP contribution is 2.26. The normalized spacial score (nSPS) is 14.2. The Kier molecular flexibility index (Phi) is 10.2. The van der Waals surface area contributed by atoms with Gasteiger partial charge in [-0.05, 0) is 32.4 Å². The first-order valence-corrected chi connectivity index (χ1v) is 9.05. The fourth-order valence-electron chi connectivity index (χ4n) is 2.96. The van der Waals surface area contributed by atoms with Crippen molar-refractivity contribution in [3.05, 3.63) is 29.8 Å². The molecule has 1 aliphatic carbocycles. The summed E-state index contributed by atoms with van der Waals surface area (Å²) >= 11 is 0. The summed E-state index contributed by atoms with van der Waals surface area (Å²) in [6, 6.07) is 8.95. The summed E-state index contributed by atoms with van der Waals surface area (Å²) in [5, 5.41) is 3.39. The SMILES string of the molecule is CCNC(=NCCN(CC)C1CC1)N(C)Cc1ccccc1OC.I. The average Bonchev–Trinajstić information content (AvgIpc) is 3.43. The van der Waals surface area contributed by atoms with Crippen LogP contribution < -0.4 is 10.1 Å². The van der Waals surface area contributed by atoms with Gasteiger partial charge >= 0.3 is 0 Å². The summed E-state index contributed by atoms with van der Waals surface area (Å²) in [5.41, 5.74) is 1.17. The maximum atomic E-state index is 5.45. The molecule has 1 aromatic rings. The van der Waals surface area contributed by atoms with Crippen LogP contribution in [0.3, 0.4) is 0 Å². The van der Waals surface area contributed by atoms with E-state index in [4.69, 9.17) is 9.73 Å². The van der Waals surface area contributed by atoms with Crippen LogP contribution in [0.5, 0.6) is 5.75 Å². The predicted octanol–water partition coefficient (Wildman–Crippen LogP) is 3.19. The van der Waals surface area contributed by atoms with E-state index in [1.54, 1.807) is 7.11 Å². The standard InChI is InChI=1S/C19H32N4O.HI/c1-5-20-19(21-13-14-23(6-2)17-11-12-17)22(3)15-16-9-7-8-10-18(16)24-4;/h7-10,17H,5-6,11-15H2,1-4H3,(H,20,21);1H. The number of hydrogen-bond acceptors (Lipinski definition) is 3. The fourth-order valence-corrected chi connectivity index (χ4v) is 2.96. The van der Waals surface area contributed by atoms with Crippen molar-refractivity contribution >= 4 is 29.9 Å². The summed E-state index contributed by atoms with van der Waals surface area (Å²) in [6.45, 7) is 8.98. The molecule has 2 rings (SSSR count). The van der Waals surface area contributed by atoms with Crippen molar-refractivity contribution in [2.75, 3.05) is 40.3 Å². The topological polar surface area (TPSA) is 40.1 Å². The van der Waals surface area contributed by atoms with E-state index in [1.807, 2.05) is 18.2 Å². The van der Waals surface area contributed by atoms with E-state index in [0.29, 0.717) is 0 Å². The number of guanidine groups is 1. The van der Waals surface area contributed by atoms with E-state index in [2.05, 4.69) is 42.1 Å². The second-order valence-corrected chi connectivity index (χ2v) is 6.26.